The maximum atomic E-state index is 12.5. The van der Waals surface area contributed by atoms with Gasteiger partial charge in [0.1, 0.15) is 0 Å². The number of carbonyl (C=O) groups excluding carboxylic acids is 1. The van der Waals surface area contributed by atoms with E-state index in [1.807, 2.05) is 24.3 Å². The highest BCUT2D eigenvalue weighted by atomic mass is 16.4. The Balaban J connectivity index is 1.79. The third-order valence-corrected chi connectivity index (χ3v) is 4.96. The van der Waals surface area contributed by atoms with E-state index in [4.69, 9.17) is 4.42 Å². The highest BCUT2D eigenvalue weighted by molar-refractivity contribution is 5.83. The maximum absolute atomic E-state index is 12.5. The van der Waals surface area contributed by atoms with Crippen LogP contribution in [0.1, 0.15) is 55.3 Å². The van der Waals surface area contributed by atoms with Crippen molar-refractivity contribution in [3.05, 3.63) is 69.7 Å². The van der Waals surface area contributed by atoms with Crippen molar-refractivity contribution in [1.82, 2.24) is 10.3 Å². The molecule has 1 aliphatic carbocycles. The number of hydrogen-bond donors (Lipinski definition) is 2. The van der Waals surface area contributed by atoms with E-state index in [0.717, 1.165) is 24.0 Å². The summed E-state index contributed by atoms with van der Waals surface area (Å²) in [5.74, 6) is 0.104. The molecule has 2 N–H and O–H groups in total. The fourth-order valence-electron chi connectivity index (χ4n) is 3.24. The predicted molar refractivity (Wildman–Crippen MR) is 100 cm³/mol. The van der Waals surface area contributed by atoms with E-state index in [0.29, 0.717) is 17.0 Å². The molecule has 0 spiro atoms. The van der Waals surface area contributed by atoms with E-state index in [1.165, 1.54) is 5.56 Å². The van der Waals surface area contributed by atoms with Crippen LogP contribution < -0.4 is 11.1 Å². The van der Waals surface area contributed by atoms with Crippen molar-refractivity contribution in [2.75, 3.05) is 0 Å². The Bertz CT molecular complexity index is 994. The second kappa shape index (κ2) is 6.48. The van der Waals surface area contributed by atoms with E-state index in [2.05, 4.69) is 36.3 Å². The van der Waals surface area contributed by atoms with E-state index < -0.39 is 5.76 Å². The number of aromatic amines is 1. The molecule has 0 saturated heterocycles. The van der Waals surface area contributed by atoms with E-state index in [9.17, 15) is 9.59 Å². The lowest BCUT2D eigenvalue weighted by atomic mass is 9.94. The van der Waals surface area contributed by atoms with Crippen LogP contribution in [0.4, 0.5) is 0 Å². The number of oxazole rings is 1. The van der Waals surface area contributed by atoms with Crippen LogP contribution >= 0.6 is 0 Å². The number of benzene rings is 2. The van der Waals surface area contributed by atoms with Crippen molar-refractivity contribution in [3.8, 4) is 0 Å². The second-order valence-electron chi connectivity index (χ2n) is 7.28. The van der Waals surface area contributed by atoms with Gasteiger partial charge in [0.2, 0.25) is 5.91 Å². The first kappa shape index (κ1) is 16.6. The van der Waals surface area contributed by atoms with Crippen molar-refractivity contribution in [1.29, 1.82) is 0 Å². The van der Waals surface area contributed by atoms with Gasteiger partial charge < -0.3 is 9.73 Å². The number of para-hydroxylation sites is 1. The van der Waals surface area contributed by atoms with Gasteiger partial charge in [-0.1, -0.05) is 50.2 Å². The zero-order valence-electron chi connectivity index (χ0n) is 14.9. The van der Waals surface area contributed by atoms with Crippen LogP contribution in [0.5, 0.6) is 0 Å². The summed E-state index contributed by atoms with van der Waals surface area (Å²) in [7, 11) is 0. The van der Waals surface area contributed by atoms with Crippen LogP contribution in [0.3, 0.4) is 0 Å². The molecule has 1 atom stereocenters. The summed E-state index contributed by atoms with van der Waals surface area (Å²) in [6.07, 6.45) is 1.88. The van der Waals surface area contributed by atoms with Gasteiger partial charge in [0.15, 0.2) is 5.58 Å². The monoisotopic (exact) mass is 350 g/mol. The summed E-state index contributed by atoms with van der Waals surface area (Å²) in [6.45, 7) is 4.30. The predicted octanol–water partition coefficient (Wildman–Crippen LogP) is 3.86. The molecule has 1 heterocycles. The van der Waals surface area contributed by atoms with Crippen LogP contribution in [0.2, 0.25) is 0 Å². The number of nitrogens with one attached hydrogen (secondary N) is 2. The lowest BCUT2D eigenvalue weighted by Gasteiger charge is -2.20. The van der Waals surface area contributed by atoms with Gasteiger partial charge in [0.05, 0.1) is 11.6 Å². The molecule has 0 bridgehead atoms. The average molecular weight is 350 g/mol. The highest BCUT2D eigenvalue weighted by Gasteiger charge is 2.32. The van der Waals surface area contributed by atoms with Gasteiger partial charge in [0, 0.05) is 11.5 Å². The fraction of sp³-hybridized carbons (Fsp3) is 0.333. The minimum Gasteiger partial charge on any atom is -0.407 e. The molecular weight excluding hydrogens is 328 g/mol. The molecule has 0 radical (unpaired) electrons. The summed E-state index contributed by atoms with van der Waals surface area (Å²) in [5, 5.41) is 3.15. The maximum Gasteiger partial charge on any atom is 0.417 e. The van der Waals surface area contributed by atoms with Gasteiger partial charge in [-0.05, 0) is 36.0 Å². The molecule has 26 heavy (non-hydrogen) atoms. The van der Waals surface area contributed by atoms with E-state index >= 15 is 0 Å². The van der Waals surface area contributed by atoms with Gasteiger partial charge in [-0.25, -0.2) is 4.79 Å². The number of carbonyl (C=O) groups is 1. The number of rotatable bonds is 5. The van der Waals surface area contributed by atoms with Crippen molar-refractivity contribution >= 4 is 17.0 Å². The lowest BCUT2D eigenvalue weighted by molar-refractivity contribution is -0.122. The Morgan fingerprint density at radius 2 is 1.81 bits per heavy atom. The van der Waals surface area contributed by atoms with Gasteiger partial charge in [-0.3, -0.25) is 9.78 Å². The smallest absolute Gasteiger partial charge is 0.407 e. The zero-order chi connectivity index (χ0) is 18.3. The quantitative estimate of drug-likeness (QED) is 0.734. The van der Waals surface area contributed by atoms with Crippen LogP contribution in [-0.2, 0) is 4.79 Å². The Labute approximate surface area is 151 Å². The summed E-state index contributed by atoms with van der Waals surface area (Å²) in [4.78, 5) is 26.8. The highest BCUT2D eigenvalue weighted by Crippen LogP contribution is 2.33. The molecule has 1 aliphatic rings. The van der Waals surface area contributed by atoms with Crippen molar-refractivity contribution in [2.24, 2.45) is 5.92 Å². The standard InChI is InChI=1S/C21H22N2O3/c1-12(2)13-6-8-14(9-7-13)18(23-20(24)15-10-11-15)16-4-3-5-17-19(16)26-21(25)22-17/h3-9,12,15,18H,10-11H2,1-2H3,(H,22,25)(H,23,24)/t18-/m1/s1. The summed E-state index contributed by atoms with van der Waals surface area (Å²) in [5.41, 5.74) is 4.13. The van der Waals surface area contributed by atoms with Crippen LogP contribution in [-0.4, -0.2) is 10.9 Å². The molecule has 0 unspecified atom stereocenters. The number of hydrogen-bond acceptors (Lipinski definition) is 3. The molecule has 5 heteroatoms. The molecule has 1 saturated carbocycles. The van der Waals surface area contributed by atoms with Crippen molar-refractivity contribution < 1.29 is 9.21 Å². The number of H-pyrrole nitrogens is 1. The molecule has 5 nitrogen and oxygen atoms in total. The Morgan fingerprint density at radius 3 is 2.46 bits per heavy atom. The van der Waals surface area contributed by atoms with Crippen molar-refractivity contribution in [3.63, 3.8) is 0 Å². The third kappa shape index (κ3) is 3.17. The normalized spacial score (nSPS) is 15.3. The minimum atomic E-state index is -0.491. The molecule has 2 aromatic carbocycles. The molecule has 4 rings (SSSR count). The van der Waals surface area contributed by atoms with Crippen LogP contribution in [0.25, 0.3) is 11.1 Å². The van der Waals surface area contributed by atoms with Crippen LogP contribution in [0.15, 0.2) is 51.7 Å². The van der Waals surface area contributed by atoms with E-state index in [-0.39, 0.29) is 17.9 Å². The first-order chi connectivity index (χ1) is 12.5. The Morgan fingerprint density at radius 1 is 1.12 bits per heavy atom. The summed E-state index contributed by atoms with van der Waals surface area (Å²) < 4.78 is 5.36. The average Bonchev–Trinajstić information content (AvgIpc) is 3.40. The number of fused-ring (bicyclic) bond motifs is 1. The molecule has 134 valence electrons. The number of amides is 1. The topological polar surface area (TPSA) is 75.1 Å². The summed E-state index contributed by atoms with van der Waals surface area (Å²) >= 11 is 0. The van der Waals surface area contributed by atoms with Gasteiger partial charge in [-0.2, -0.15) is 0 Å². The molecule has 3 aromatic rings. The minimum absolute atomic E-state index is 0.0535. The van der Waals surface area contributed by atoms with E-state index in [1.54, 1.807) is 6.07 Å². The lowest BCUT2D eigenvalue weighted by Crippen LogP contribution is -2.30. The molecule has 1 aromatic heterocycles. The Kier molecular flexibility index (Phi) is 4.15. The molecule has 1 fully saturated rings. The molecule has 0 aliphatic heterocycles. The van der Waals surface area contributed by atoms with Crippen molar-refractivity contribution in [2.45, 2.75) is 38.6 Å². The van der Waals surface area contributed by atoms with Gasteiger partial charge in [0.25, 0.3) is 0 Å². The fourth-order valence-corrected chi connectivity index (χ4v) is 3.24. The SMILES string of the molecule is CC(C)c1ccc([C@@H](NC(=O)C2CC2)c2cccc3[nH]c(=O)oc23)cc1. The first-order valence-corrected chi connectivity index (χ1v) is 9.05. The van der Waals surface area contributed by atoms with Crippen LogP contribution in [0, 0.1) is 5.92 Å². The zero-order valence-corrected chi connectivity index (χ0v) is 14.9. The largest absolute Gasteiger partial charge is 0.417 e. The number of aromatic nitrogens is 1. The summed E-state index contributed by atoms with van der Waals surface area (Å²) in [6, 6.07) is 13.5. The third-order valence-electron chi connectivity index (χ3n) is 4.96. The first-order valence-electron chi connectivity index (χ1n) is 9.05. The van der Waals surface area contributed by atoms with Gasteiger partial charge >= 0.3 is 5.76 Å². The Hall–Kier alpha value is -2.82. The van der Waals surface area contributed by atoms with Gasteiger partial charge in [-0.15, -0.1) is 0 Å². The molecule has 1 amide bonds. The molecular formula is C21H22N2O3. The second-order valence-corrected chi connectivity index (χ2v) is 7.28.